The molecule has 276 valence electrons. The molecule has 0 rings (SSSR count). The van der Waals surface area contributed by atoms with Crippen molar-refractivity contribution in [2.24, 2.45) is 0 Å². The molecule has 0 amide bonds. The Labute approximate surface area is 285 Å². The zero-order valence-corrected chi connectivity index (χ0v) is 31.9. The molecule has 0 aromatic heterocycles. The summed E-state index contributed by atoms with van der Waals surface area (Å²) in [6.07, 6.45) is 29.6. The van der Waals surface area contributed by atoms with Gasteiger partial charge in [-0.25, -0.2) is 0 Å². The summed E-state index contributed by atoms with van der Waals surface area (Å²) >= 11 is 0. The minimum atomic E-state index is -4.51. The predicted molar refractivity (Wildman–Crippen MR) is 190 cm³/mol. The van der Waals surface area contributed by atoms with E-state index in [0.29, 0.717) is 24.1 Å². The smallest absolute Gasteiger partial charge is 0.306 e. The molecule has 0 saturated carbocycles. The van der Waals surface area contributed by atoms with Crippen LogP contribution in [0.4, 0.5) is 0 Å². The van der Waals surface area contributed by atoms with Crippen LogP contribution in [-0.2, 0) is 27.9 Å². The van der Waals surface area contributed by atoms with E-state index < -0.39 is 13.9 Å². The number of phosphoric ester groups is 1. The fraction of sp³-hybridized carbons (Fsp3) is 0.973. The van der Waals surface area contributed by atoms with Crippen LogP contribution in [0.3, 0.4) is 0 Å². The summed E-state index contributed by atoms with van der Waals surface area (Å²) in [6.45, 7) is 5.43. The van der Waals surface area contributed by atoms with E-state index in [1.54, 1.807) is 0 Å². The molecule has 0 radical (unpaired) electrons. The van der Waals surface area contributed by atoms with Crippen LogP contribution >= 0.6 is 7.82 Å². The summed E-state index contributed by atoms with van der Waals surface area (Å²) in [5.74, 6) is -0.332. The van der Waals surface area contributed by atoms with Crippen molar-refractivity contribution in [2.75, 3.05) is 54.1 Å². The van der Waals surface area contributed by atoms with Crippen LogP contribution in [0, 0.1) is 0 Å². The third-order valence-corrected chi connectivity index (χ3v) is 9.37. The number of hydrogen-bond acceptors (Lipinski definition) is 7. The lowest BCUT2D eigenvalue weighted by Crippen LogP contribution is -2.37. The maximum Gasteiger partial charge on any atom is 0.306 e. The number of carbonyl (C=O) groups is 1. The number of nitrogens with zero attached hydrogens (tertiary/aromatic N) is 1. The van der Waals surface area contributed by atoms with E-state index in [1.807, 2.05) is 21.1 Å². The molecular formula is C37H76NO7P. The van der Waals surface area contributed by atoms with E-state index in [0.717, 1.165) is 32.1 Å². The van der Waals surface area contributed by atoms with Crippen molar-refractivity contribution in [1.82, 2.24) is 0 Å². The average molecular weight is 678 g/mol. The Bertz CT molecular complexity index is 716. The van der Waals surface area contributed by atoms with E-state index >= 15 is 0 Å². The second kappa shape index (κ2) is 31.7. The van der Waals surface area contributed by atoms with Gasteiger partial charge in [-0.3, -0.25) is 9.36 Å². The van der Waals surface area contributed by atoms with Crippen LogP contribution < -0.4 is 4.89 Å². The molecule has 0 aromatic carbocycles. The second-order valence-corrected chi connectivity index (χ2v) is 15.7. The van der Waals surface area contributed by atoms with Gasteiger partial charge in [-0.15, -0.1) is 0 Å². The number of unbranched alkanes of at least 4 members (excludes halogenated alkanes) is 22. The third-order valence-electron chi connectivity index (χ3n) is 8.41. The topological polar surface area (TPSA) is 94.1 Å². The number of esters is 1. The summed E-state index contributed by atoms with van der Waals surface area (Å²) in [7, 11) is 1.37. The number of quaternary nitrogens is 1. The minimum absolute atomic E-state index is 0.0309. The maximum atomic E-state index is 12.6. The molecule has 0 aliphatic heterocycles. The quantitative estimate of drug-likeness (QED) is 0.0282. The lowest BCUT2D eigenvalue weighted by atomic mass is 10.0. The number of rotatable bonds is 36. The highest BCUT2D eigenvalue weighted by Gasteiger charge is 2.20. The molecule has 0 saturated heterocycles. The predicted octanol–water partition coefficient (Wildman–Crippen LogP) is 9.91. The van der Waals surface area contributed by atoms with Gasteiger partial charge in [0.25, 0.3) is 7.82 Å². The molecule has 2 unspecified atom stereocenters. The number of carbonyl (C=O) groups excluding carboxylic acids is 1. The molecule has 0 N–H and O–H groups in total. The molecular weight excluding hydrogens is 601 g/mol. The van der Waals surface area contributed by atoms with Crippen molar-refractivity contribution < 1.29 is 37.3 Å². The summed E-state index contributed by atoms with van der Waals surface area (Å²) in [6, 6.07) is 0. The Hall–Kier alpha value is -0.500. The molecule has 0 aliphatic rings. The van der Waals surface area contributed by atoms with Crippen molar-refractivity contribution in [3.63, 3.8) is 0 Å². The summed E-state index contributed by atoms with van der Waals surface area (Å²) in [5, 5.41) is 0. The Morgan fingerprint density at radius 3 is 1.43 bits per heavy atom. The van der Waals surface area contributed by atoms with Gasteiger partial charge in [-0.1, -0.05) is 155 Å². The lowest BCUT2D eigenvalue weighted by molar-refractivity contribution is -0.870. The number of ether oxygens (including phenoxy) is 2. The second-order valence-electron chi connectivity index (χ2n) is 14.3. The minimum Gasteiger partial charge on any atom is -0.756 e. The first-order chi connectivity index (χ1) is 22.1. The molecule has 8 nitrogen and oxygen atoms in total. The molecule has 0 heterocycles. The van der Waals surface area contributed by atoms with E-state index in [9.17, 15) is 14.3 Å². The molecule has 0 spiro atoms. The van der Waals surface area contributed by atoms with Crippen molar-refractivity contribution >= 4 is 13.8 Å². The standard InChI is InChI=1S/C37H76NO7P/c1-6-8-10-12-14-16-18-19-20-21-22-24-26-28-30-37(39)45-36(35-44-46(40,41)43-33-31-38(3,4)5)34-42-32-29-27-25-23-17-15-13-11-9-7-2/h36H,6-35H2,1-5H3. The molecule has 0 bridgehead atoms. The summed E-state index contributed by atoms with van der Waals surface area (Å²) < 4.78 is 34.4. The zero-order valence-electron chi connectivity index (χ0n) is 31.0. The molecule has 0 aromatic rings. The highest BCUT2D eigenvalue weighted by molar-refractivity contribution is 7.45. The van der Waals surface area contributed by atoms with Crippen LogP contribution in [0.2, 0.25) is 0 Å². The average Bonchev–Trinajstić information content (AvgIpc) is 2.99. The Morgan fingerprint density at radius 2 is 1.00 bits per heavy atom. The maximum absolute atomic E-state index is 12.6. The van der Waals surface area contributed by atoms with Crippen LogP contribution in [0.15, 0.2) is 0 Å². The molecule has 0 aliphatic carbocycles. The Morgan fingerprint density at radius 1 is 0.587 bits per heavy atom. The normalized spacial score (nSPS) is 14.0. The van der Waals surface area contributed by atoms with E-state index in [-0.39, 0.29) is 25.8 Å². The van der Waals surface area contributed by atoms with Gasteiger partial charge in [0.05, 0.1) is 34.4 Å². The van der Waals surface area contributed by atoms with E-state index in [2.05, 4.69) is 13.8 Å². The largest absolute Gasteiger partial charge is 0.756 e. The van der Waals surface area contributed by atoms with E-state index in [1.165, 1.54) is 122 Å². The van der Waals surface area contributed by atoms with Gasteiger partial charge < -0.3 is 27.9 Å². The first kappa shape index (κ1) is 45.5. The van der Waals surface area contributed by atoms with Gasteiger partial charge in [0.2, 0.25) is 0 Å². The highest BCUT2D eigenvalue weighted by atomic mass is 31.2. The Balaban J connectivity index is 4.25. The molecule has 0 fully saturated rings. The number of likely N-dealkylation sites (N-methyl/N-ethyl adjacent to an activating group) is 1. The van der Waals surface area contributed by atoms with Crippen molar-refractivity contribution in [1.29, 1.82) is 0 Å². The monoisotopic (exact) mass is 678 g/mol. The first-order valence-corrected chi connectivity index (χ1v) is 20.7. The number of phosphoric acid groups is 1. The van der Waals surface area contributed by atoms with Crippen LogP contribution in [0.1, 0.15) is 174 Å². The molecule has 46 heavy (non-hydrogen) atoms. The number of hydrogen-bond donors (Lipinski definition) is 0. The van der Waals surface area contributed by atoms with Crippen molar-refractivity contribution in [3.05, 3.63) is 0 Å². The van der Waals surface area contributed by atoms with Gasteiger partial charge in [-0.2, -0.15) is 0 Å². The van der Waals surface area contributed by atoms with Gasteiger partial charge >= 0.3 is 5.97 Å². The first-order valence-electron chi connectivity index (χ1n) is 19.3. The fourth-order valence-electron chi connectivity index (χ4n) is 5.37. The van der Waals surface area contributed by atoms with Crippen molar-refractivity contribution in [3.8, 4) is 0 Å². The van der Waals surface area contributed by atoms with Crippen LogP contribution in [0.25, 0.3) is 0 Å². The van der Waals surface area contributed by atoms with Gasteiger partial charge in [0.15, 0.2) is 0 Å². The van der Waals surface area contributed by atoms with Crippen LogP contribution in [0.5, 0.6) is 0 Å². The molecule has 9 heteroatoms. The SMILES string of the molecule is CCCCCCCCCCCCCCCCC(=O)OC(COCCCCCCCCCCCC)COP(=O)([O-])OCC[N+](C)(C)C. The summed E-state index contributed by atoms with van der Waals surface area (Å²) in [4.78, 5) is 24.9. The highest BCUT2D eigenvalue weighted by Crippen LogP contribution is 2.38. The van der Waals surface area contributed by atoms with E-state index in [4.69, 9.17) is 18.5 Å². The summed E-state index contributed by atoms with van der Waals surface area (Å²) in [5.41, 5.74) is 0. The molecule has 2 atom stereocenters. The zero-order chi connectivity index (χ0) is 34.2. The fourth-order valence-corrected chi connectivity index (χ4v) is 6.10. The van der Waals surface area contributed by atoms with Crippen LogP contribution in [-0.4, -0.2) is 70.7 Å². The van der Waals surface area contributed by atoms with Gasteiger partial charge in [0, 0.05) is 13.0 Å². The lowest BCUT2D eigenvalue weighted by Gasteiger charge is -2.28. The van der Waals surface area contributed by atoms with Gasteiger partial charge in [0.1, 0.15) is 19.3 Å². The Kier molecular flexibility index (Phi) is 31.4. The third kappa shape index (κ3) is 34.8. The van der Waals surface area contributed by atoms with Crippen molar-refractivity contribution in [2.45, 2.75) is 180 Å². The van der Waals surface area contributed by atoms with Gasteiger partial charge in [-0.05, 0) is 12.8 Å².